The Morgan fingerprint density at radius 2 is 1.97 bits per heavy atom. The summed E-state index contributed by atoms with van der Waals surface area (Å²) in [5.41, 5.74) is 1.82. The summed E-state index contributed by atoms with van der Waals surface area (Å²) in [6.45, 7) is 2.37. The van der Waals surface area contributed by atoms with Gasteiger partial charge in [-0.25, -0.2) is 13.6 Å². The number of hydrogen-bond acceptors (Lipinski definition) is 2. The highest BCUT2D eigenvalue weighted by atomic mass is 19.1. The molecule has 1 aromatic carbocycles. The fourth-order valence-electron chi connectivity index (χ4n) is 5.26. The van der Waals surface area contributed by atoms with Gasteiger partial charge in [0.25, 0.3) is 0 Å². The molecule has 1 unspecified atom stereocenters. The maximum absolute atomic E-state index is 14.1. The number of ether oxygens (including phenoxy) is 1. The number of H-pyrrole nitrogens is 1. The summed E-state index contributed by atoms with van der Waals surface area (Å²) in [5.74, 6) is -1.38. The van der Waals surface area contributed by atoms with Crippen LogP contribution in [0, 0.1) is 17.0 Å². The van der Waals surface area contributed by atoms with E-state index in [0.29, 0.717) is 17.0 Å². The summed E-state index contributed by atoms with van der Waals surface area (Å²) >= 11 is 0. The molecule has 1 saturated carbocycles. The molecule has 0 aliphatic heterocycles. The van der Waals surface area contributed by atoms with Crippen molar-refractivity contribution in [3.63, 3.8) is 0 Å². The molecule has 2 aromatic rings. The standard InChI is InChI=1S/C23H30F2N2O2/c1-23(10-8-18(29-2)9-11-23)14-15-4-3-5-17(7-6-15)27-20-13-16(24)12-19(25)21(20)26-22(27)28/h4,12-13,17-18H,3,5-11,14H2,1-2H3,(H,26,28). The second-order valence-electron chi connectivity index (χ2n) is 9.14. The highest BCUT2D eigenvalue weighted by Crippen LogP contribution is 2.43. The number of aromatic nitrogens is 2. The number of hydrogen-bond donors (Lipinski definition) is 1. The third-order valence-electron chi connectivity index (χ3n) is 6.97. The SMILES string of the molecule is COC1CCC(C)(CC2=CCCC(n3c(=O)[nH]c4c(F)cc(F)cc43)CC2)CC1. The number of imidazole rings is 1. The maximum Gasteiger partial charge on any atom is 0.326 e. The van der Waals surface area contributed by atoms with Crippen LogP contribution in [0.1, 0.15) is 70.8 Å². The van der Waals surface area contributed by atoms with Gasteiger partial charge in [0.15, 0.2) is 5.82 Å². The first-order chi connectivity index (χ1) is 13.9. The van der Waals surface area contributed by atoms with Crippen LogP contribution in [0.5, 0.6) is 0 Å². The summed E-state index contributed by atoms with van der Waals surface area (Å²) in [6.07, 6.45) is 11.8. The summed E-state index contributed by atoms with van der Waals surface area (Å²) in [7, 11) is 1.80. The van der Waals surface area contributed by atoms with Crippen LogP contribution >= 0.6 is 0 Å². The fraction of sp³-hybridized carbons (Fsp3) is 0.609. The molecule has 1 heterocycles. The Labute approximate surface area is 169 Å². The molecule has 0 radical (unpaired) electrons. The fourth-order valence-corrected chi connectivity index (χ4v) is 5.26. The Morgan fingerprint density at radius 3 is 2.69 bits per heavy atom. The van der Waals surface area contributed by atoms with Gasteiger partial charge in [-0.3, -0.25) is 4.57 Å². The molecule has 0 amide bonds. The van der Waals surface area contributed by atoms with E-state index in [1.165, 1.54) is 24.5 Å². The Morgan fingerprint density at radius 1 is 1.21 bits per heavy atom. The van der Waals surface area contributed by atoms with Gasteiger partial charge < -0.3 is 9.72 Å². The van der Waals surface area contributed by atoms with Crippen LogP contribution in [-0.4, -0.2) is 22.8 Å². The van der Waals surface area contributed by atoms with Crippen LogP contribution in [0.25, 0.3) is 11.0 Å². The summed E-state index contributed by atoms with van der Waals surface area (Å²) in [6, 6.07) is 2.02. The van der Waals surface area contributed by atoms with E-state index in [1.54, 1.807) is 11.7 Å². The normalized spacial score (nSPS) is 28.3. The van der Waals surface area contributed by atoms with Crippen molar-refractivity contribution < 1.29 is 13.5 Å². The zero-order valence-corrected chi connectivity index (χ0v) is 17.3. The summed E-state index contributed by atoms with van der Waals surface area (Å²) in [4.78, 5) is 15.1. The van der Waals surface area contributed by atoms with E-state index in [9.17, 15) is 13.6 Å². The minimum Gasteiger partial charge on any atom is -0.381 e. The second-order valence-corrected chi connectivity index (χ2v) is 9.14. The van der Waals surface area contributed by atoms with Gasteiger partial charge in [0, 0.05) is 25.3 Å². The van der Waals surface area contributed by atoms with Crippen molar-refractivity contribution in [3.05, 3.63) is 45.9 Å². The quantitative estimate of drug-likeness (QED) is 0.671. The van der Waals surface area contributed by atoms with E-state index in [4.69, 9.17) is 4.74 Å². The van der Waals surface area contributed by atoms with Gasteiger partial charge in [-0.2, -0.15) is 0 Å². The lowest BCUT2D eigenvalue weighted by Gasteiger charge is -2.37. The van der Waals surface area contributed by atoms with Crippen LogP contribution in [-0.2, 0) is 4.74 Å². The van der Waals surface area contributed by atoms with Crippen molar-refractivity contribution >= 4 is 11.0 Å². The minimum atomic E-state index is -0.720. The zero-order chi connectivity index (χ0) is 20.6. The summed E-state index contributed by atoms with van der Waals surface area (Å²) in [5, 5.41) is 0. The Balaban J connectivity index is 1.48. The van der Waals surface area contributed by atoms with E-state index in [2.05, 4.69) is 18.0 Å². The lowest BCUT2D eigenvalue weighted by atomic mass is 9.70. The van der Waals surface area contributed by atoms with Crippen LogP contribution in [0.2, 0.25) is 0 Å². The molecule has 4 nitrogen and oxygen atoms in total. The van der Waals surface area contributed by atoms with Gasteiger partial charge in [-0.1, -0.05) is 18.6 Å². The van der Waals surface area contributed by atoms with E-state index in [0.717, 1.165) is 51.0 Å². The molecule has 4 rings (SSSR count). The van der Waals surface area contributed by atoms with E-state index in [1.807, 2.05) is 0 Å². The molecular formula is C23H30F2N2O2. The Bertz CT molecular complexity index is 967. The number of rotatable bonds is 4. The molecule has 2 aliphatic carbocycles. The van der Waals surface area contributed by atoms with Gasteiger partial charge in [-0.15, -0.1) is 0 Å². The van der Waals surface area contributed by atoms with Gasteiger partial charge in [0.2, 0.25) is 0 Å². The monoisotopic (exact) mass is 404 g/mol. The van der Waals surface area contributed by atoms with Crippen LogP contribution in [0.15, 0.2) is 28.6 Å². The first-order valence-electron chi connectivity index (χ1n) is 10.7. The molecule has 1 N–H and O–H groups in total. The van der Waals surface area contributed by atoms with Gasteiger partial charge in [0.05, 0.1) is 11.6 Å². The number of nitrogens with one attached hydrogen (secondary N) is 1. The molecule has 0 bridgehead atoms. The zero-order valence-electron chi connectivity index (χ0n) is 17.3. The average Bonchev–Trinajstić information content (AvgIpc) is 2.85. The van der Waals surface area contributed by atoms with Gasteiger partial charge >= 0.3 is 5.69 Å². The molecular weight excluding hydrogens is 374 g/mol. The molecule has 6 heteroatoms. The van der Waals surface area contributed by atoms with Gasteiger partial charge in [0.1, 0.15) is 11.3 Å². The Kier molecular flexibility index (Phi) is 5.65. The molecule has 1 aromatic heterocycles. The van der Waals surface area contributed by atoms with Crippen LogP contribution < -0.4 is 5.69 Å². The van der Waals surface area contributed by atoms with Crippen molar-refractivity contribution in [2.45, 2.75) is 76.9 Å². The molecule has 0 spiro atoms. The van der Waals surface area contributed by atoms with Gasteiger partial charge in [-0.05, 0) is 63.2 Å². The predicted molar refractivity (Wildman–Crippen MR) is 110 cm³/mol. The van der Waals surface area contributed by atoms with Crippen LogP contribution in [0.4, 0.5) is 8.78 Å². The lowest BCUT2D eigenvalue weighted by molar-refractivity contribution is 0.0323. The minimum absolute atomic E-state index is 0.0526. The largest absolute Gasteiger partial charge is 0.381 e. The van der Waals surface area contributed by atoms with Crippen LogP contribution in [0.3, 0.4) is 0 Å². The number of halogens is 2. The topological polar surface area (TPSA) is 47.0 Å². The highest BCUT2D eigenvalue weighted by Gasteiger charge is 2.32. The Hall–Kier alpha value is -1.95. The molecule has 2 aliphatic rings. The number of nitrogens with zero attached hydrogens (tertiary/aromatic N) is 1. The molecule has 1 fully saturated rings. The molecule has 0 saturated heterocycles. The van der Waals surface area contributed by atoms with E-state index in [-0.39, 0.29) is 17.2 Å². The number of aromatic amines is 1. The second kappa shape index (κ2) is 8.05. The number of fused-ring (bicyclic) bond motifs is 1. The van der Waals surface area contributed by atoms with Crippen molar-refractivity contribution in [3.8, 4) is 0 Å². The number of benzene rings is 1. The summed E-state index contributed by atoms with van der Waals surface area (Å²) < 4.78 is 34.9. The average molecular weight is 405 g/mol. The smallest absolute Gasteiger partial charge is 0.326 e. The first-order valence-corrected chi connectivity index (χ1v) is 10.7. The third-order valence-corrected chi connectivity index (χ3v) is 6.97. The van der Waals surface area contributed by atoms with Crippen molar-refractivity contribution in [2.75, 3.05) is 7.11 Å². The van der Waals surface area contributed by atoms with Crippen molar-refractivity contribution in [1.82, 2.24) is 9.55 Å². The first kappa shape index (κ1) is 20.3. The number of methoxy groups -OCH3 is 1. The van der Waals surface area contributed by atoms with E-state index >= 15 is 0 Å². The third kappa shape index (κ3) is 4.18. The van der Waals surface area contributed by atoms with Crippen molar-refractivity contribution in [2.24, 2.45) is 5.41 Å². The molecule has 29 heavy (non-hydrogen) atoms. The van der Waals surface area contributed by atoms with Crippen molar-refractivity contribution in [1.29, 1.82) is 0 Å². The maximum atomic E-state index is 14.1. The lowest BCUT2D eigenvalue weighted by Crippen LogP contribution is -2.28. The number of allylic oxidation sites excluding steroid dienone is 2. The van der Waals surface area contributed by atoms with E-state index < -0.39 is 11.6 Å². The predicted octanol–water partition coefficient (Wildman–Crippen LogP) is 5.63. The highest BCUT2D eigenvalue weighted by molar-refractivity contribution is 5.76. The molecule has 1 atom stereocenters. The molecule has 158 valence electrons.